The third-order valence-electron chi connectivity index (χ3n) is 4.69. The minimum Gasteiger partial charge on any atom is -0.497 e. The summed E-state index contributed by atoms with van der Waals surface area (Å²) in [6.07, 6.45) is 0. The number of halogens is 1. The second-order valence-electron chi connectivity index (χ2n) is 7.21. The van der Waals surface area contributed by atoms with Crippen molar-refractivity contribution in [2.24, 2.45) is 0 Å². The number of hydrogen-bond acceptors (Lipinski definition) is 3. The molecule has 0 heterocycles. The van der Waals surface area contributed by atoms with Crippen molar-refractivity contribution in [1.29, 1.82) is 0 Å². The maximum absolute atomic E-state index is 13.8. The van der Waals surface area contributed by atoms with Crippen LogP contribution >= 0.6 is 0 Å². The zero-order valence-electron chi connectivity index (χ0n) is 17.4. The maximum atomic E-state index is 13.8. The van der Waals surface area contributed by atoms with Gasteiger partial charge in [-0.3, -0.25) is 9.59 Å². The molecule has 31 heavy (non-hydrogen) atoms. The molecule has 0 aliphatic rings. The highest BCUT2D eigenvalue weighted by atomic mass is 19.1. The molecule has 2 amide bonds. The number of hydrogen-bond donors (Lipinski definition) is 3. The highest BCUT2D eigenvalue weighted by molar-refractivity contribution is 6.04. The molecule has 0 aliphatic heterocycles. The smallest absolute Gasteiger partial charge is 0.279 e. The highest BCUT2D eigenvalue weighted by Gasteiger charge is 2.13. The molecule has 0 aromatic heterocycles. The van der Waals surface area contributed by atoms with Gasteiger partial charge in [-0.1, -0.05) is 18.2 Å². The van der Waals surface area contributed by atoms with E-state index in [0.29, 0.717) is 34.8 Å². The van der Waals surface area contributed by atoms with Crippen LogP contribution in [0.1, 0.15) is 15.9 Å². The van der Waals surface area contributed by atoms with Crippen LogP contribution in [0, 0.1) is 5.82 Å². The first kappa shape index (κ1) is 22.0. The van der Waals surface area contributed by atoms with Gasteiger partial charge in [-0.25, -0.2) is 4.39 Å². The van der Waals surface area contributed by atoms with E-state index < -0.39 is 0 Å². The Balaban J connectivity index is 1.51. The van der Waals surface area contributed by atoms with Gasteiger partial charge in [0.15, 0.2) is 6.54 Å². The first-order valence-corrected chi connectivity index (χ1v) is 9.84. The van der Waals surface area contributed by atoms with Crippen molar-refractivity contribution < 1.29 is 23.6 Å². The van der Waals surface area contributed by atoms with Gasteiger partial charge in [-0.2, -0.15) is 0 Å². The van der Waals surface area contributed by atoms with E-state index in [1.807, 2.05) is 7.05 Å². The van der Waals surface area contributed by atoms with Gasteiger partial charge in [0.25, 0.3) is 11.8 Å². The van der Waals surface area contributed by atoms with E-state index in [-0.39, 0.29) is 24.2 Å². The topological polar surface area (TPSA) is 71.9 Å². The number of amides is 2. The van der Waals surface area contributed by atoms with Gasteiger partial charge >= 0.3 is 0 Å². The van der Waals surface area contributed by atoms with Gasteiger partial charge in [-0.15, -0.1) is 0 Å². The molecule has 1 unspecified atom stereocenters. The van der Waals surface area contributed by atoms with Crippen molar-refractivity contribution in [3.8, 4) is 5.75 Å². The highest BCUT2D eigenvalue weighted by Crippen LogP contribution is 2.16. The molecule has 6 nitrogen and oxygen atoms in total. The third kappa shape index (κ3) is 6.38. The van der Waals surface area contributed by atoms with Gasteiger partial charge in [0.05, 0.1) is 14.2 Å². The van der Waals surface area contributed by atoms with E-state index in [2.05, 4.69) is 10.6 Å². The molecular weight excluding hydrogens is 397 g/mol. The number of benzene rings is 3. The summed E-state index contributed by atoms with van der Waals surface area (Å²) in [6.45, 7) is 0.596. The molecule has 0 bridgehead atoms. The van der Waals surface area contributed by atoms with E-state index >= 15 is 0 Å². The van der Waals surface area contributed by atoms with Crippen LogP contribution in [0.2, 0.25) is 0 Å². The quantitative estimate of drug-likeness (QED) is 0.523. The summed E-state index contributed by atoms with van der Waals surface area (Å²) in [5.74, 6) is -0.00776. The lowest BCUT2D eigenvalue weighted by atomic mass is 10.2. The molecule has 0 radical (unpaired) electrons. The first-order chi connectivity index (χ1) is 14.9. The van der Waals surface area contributed by atoms with Crippen LogP contribution < -0.4 is 20.3 Å². The summed E-state index contributed by atoms with van der Waals surface area (Å²) in [7, 11) is 3.41. The van der Waals surface area contributed by atoms with Crippen LogP contribution in [0.15, 0.2) is 72.8 Å². The average Bonchev–Trinajstić information content (AvgIpc) is 2.76. The number of ether oxygens (including phenoxy) is 1. The summed E-state index contributed by atoms with van der Waals surface area (Å²) in [5, 5.41) is 5.61. The molecule has 0 fully saturated rings. The molecule has 160 valence electrons. The van der Waals surface area contributed by atoms with E-state index in [9.17, 15) is 14.0 Å². The number of carbonyl (C=O) groups is 2. The summed E-state index contributed by atoms with van der Waals surface area (Å²) in [6, 6.07) is 20.2. The average molecular weight is 422 g/mol. The predicted molar refractivity (Wildman–Crippen MR) is 118 cm³/mol. The Morgan fingerprint density at radius 3 is 2.16 bits per heavy atom. The number of anilines is 2. The molecule has 0 spiro atoms. The number of quaternary nitrogens is 1. The Labute approximate surface area is 180 Å². The summed E-state index contributed by atoms with van der Waals surface area (Å²) < 4.78 is 18.9. The second kappa shape index (κ2) is 10.4. The van der Waals surface area contributed by atoms with Crippen molar-refractivity contribution in [2.45, 2.75) is 6.54 Å². The fourth-order valence-electron chi connectivity index (χ4n) is 3.09. The monoisotopic (exact) mass is 422 g/mol. The zero-order valence-corrected chi connectivity index (χ0v) is 17.4. The van der Waals surface area contributed by atoms with Gasteiger partial charge < -0.3 is 20.3 Å². The van der Waals surface area contributed by atoms with E-state index in [1.54, 1.807) is 73.8 Å². The standard InChI is InChI=1S/C24H24FN3O3/c1-28(15-18-5-3-4-6-22(18)25)16-23(29)26-19-9-7-17(8-10-19)24(30)27-20-11-13-21(31-2)14-12-20/h3-14H,15-16H2,1-2H3,(H,26,29)(H,27,30)/p+1. The van der Waals surface area contributed by atoms with Gasteiger partial charge in [0, 0.05) is 22.5 Å². The molecule has 0 saturated carbocycles. The fourth-order valence-corrected chi connectivity index (χ4v) is 3.09. The van der Waals surface area contributed by atoms with Gasteiger partial charge in [0.1, 0.15) is 18.1 Å². The van der Waals surface area contributed by atoms with Gasteiger partial charge in [0.2, 0.25) is 0 Å². The Bertz CT molecular complexity index is 1040. The van der Waals surface area contributed by atoms with Crippen LogP contribution in [0.3, 0.4) is 0 Å². The molecular formula is C24H25FN3O3+. The lowest BCUT2D eigenvalue weighted by molar-refractivity contribution is -0.885. The molecule has 1 atom stereocenters. The zero-order chi connectivity index (χ0) is 22.2. The molecule has 0 aliphatic carbocycles. The van der Waals surface area contributed by atoms with Crippen molar-refractivity contribution in [2.75, 3.05) is 31.3 Å². The van der Waals surface area contributed by atoms with Crippen LogP contribution in [-0.2, 0) is 11.3 Å². The van der Waals surface area contributed by atoms with E-state index in [4.69, 9.17) is 4.74 Å². The fraction of sp³-hybridized carbons (Fsp3) is 0.167. The molecule has 3 aromatic carbocycles. The Kier molecular flexibility index (Phi) is 7.35. The Morgan fingerprint density at radius 1 is 0.903 bits per heavy atom. The summed E-state index contributed by atoms with van der Waals surface area (Å²) in [5.41, 5.74) is 2.28. The van der Waals surface area contributed by atoms with Crippen molar-refractivity contribution in [3.63, 3.8) is 0 Å². The minimum atomic E-state index is -0.272. The SMILES string of the molecule is COc1ccc(NC(=O)c2ccc(NC(=O)C[NH+](C)Cc3ccccc3F)cc2)cc1. The second-order valence-corrected chi connectivity index (χ2v) is 7.21. The maximum Gasteiger partial charge on any atom is 0.279 e. The Hall–Kier alpha value is -3.71. The molecule has 3 aromatic rings. The lowest BCUT2D eigenvalue weighted by Gasteiger charge is -2.14. The van der Waals surface area contributed by atoms with Gasteiger partial charge in [-0.05, 0) is 54.6 Å². The van der Waals surface area contributed by atoms with Crippen LogP contribution in [-0.4, -0.2) is 32.5 Å². The van der Waals surface area contributed by atoms with E-state index in [1.165, 1.54) is 6.07 Å². The first-order valence-electron chi connectivity index (χ1n) is 9.84. The van der Waals surface area contributed by atoms with Crippen molar-refractivity contribution >= 4 is 23.2 Å². The van der Waals surface area contributed by atoms with Crippen LogP contribution in [0.25, 0.3) is 0 Å². The van der Waals surface area contributed by atoms with Crippen LogP contribution in [0.5, 0.6) is 5.75 Å². The Morgan fingerprint density at radius 2 is 1.52 bits per heavy atom. The molecule has 3 rings (SSSR count). The number of methoxy groups -OCH3 is 1. The number of carbonyl (C=O) groups excluding carboxylic acids is 2. The normalized spacial score (nSPS) is 11.5. The van der Waals surface area contributed by atoms with Crippen molar-refractivity contribution in [3.05, 3.63) is 89.7 Å². The van der Waals surface area contributed by atoms with E-state index in [0.717, 1.165) is 4.90 Å². The van der Waals surface area contributed by atoms with Crippen LogP contribution in [0.4, 0.5) is 15.8 Å². The molecule has 3 N–H and O–H groups in total. The summed E-state index contributed by atoms with van der Waals surface area (Å²) in [4.78, 5) is 25.5. The lowest BCUT2D eigenvalue weighted by Crippen LogP contribution is -3.08. The van der Waals surface area contributed by atoms with Crippen molar-refractivity contribution in [1.82, 2.24) is 0 Å². The third-order valence-corrected chi connectivity index (χ3v) is 4.69. The molecule has 0 saturated heterocycles. The largest absolute Gasteiger partial charge is 0.497 e. The number of likely N-dealkylation sites (N-methyl/N-ethyl adjacent to an activating group) is 1. The predicted octanol–water partition coefficient (Wildman–Crippen LogP) is 2.74. The molecule has 7 heteroatoms. The summed E-state index contributed by atoms with van der Waals surface area (Å²) >= 11 is 0. The minimum absolute atomic E-state index is 0.189. The number of rotatable bonds is 8. The number of nitrogens with one attached hydrogen (secondary N) is 3.